The van der Waals surface area contributed by atoms with E-state index in [0.29, 0.717) is 24.0 Å². The van der Waals surface area contributed by atoms with Gasteiger partial charge in [0.1, 0.15) is 17.9 Å². The van der Waals surface area contributed by atoms with Crippen molar-refractivity contribution in [2.24, 2.45) is 17.3 Å². The van der Waals surface area contributed by atoms with E-state index in [0.717, 1.165) is 77.7 Å². The number of aromatic nitrogens is 2. The van der Waals surface area contributed by atoms with Gasteiger partial charge in [-0.2, -0.15) is 0 Å². The van der Waals surface area contributed by atoms with Crippen LogP contribution < -0.4 is 15.0 Å². The van der Waals surface area contributed by atoms with Gasteiger partial charge in [-0.15, -0.1) is 0 Å². The normalized spacial score (nSPS) is 26.0. The molecule has 1 aromatic carbocycles. The highest BCUT2D eigenvalue weighted by Crippen LogP contribution is 2.46. The molecule has 0 radical (unpaired) electrons. The van der Waals surface area contributed by atoms with E-state index < -0.39 is 11.4 Å². The van der Waals surface area contributed by atoms with Crippen LogP contribution in [-0.2, 0) is 4.79 Å². The maximum absolute atomic E-state index is 14.3. The van der Waals surface area contributed by atoms with E-state index >= 15 is 0 Å². The third-order valence-electron chi connectivity index (χ3n) is 11.3. The summed E-state index contributed by atoms with van der Waals surface area (Å²) in [5.74, 6) is 0.988. The van der Waals surface area contributed by atoms with Crippen molar-refractivity contribution in [3.8, 4) is 11.5 Å². The molecular weight excluding hydrogens is 599 g/mol. The van der Waals surface area contributed by atoms with Crippen LogP contribution in [0.15, 0.2) is 30.7 Å². The highest BCUT2D eigenvalue weighted by atomic mass is 19.1. The summed E-state index contributed by atoms with van der Waals surface area (Å²) in [5.41, 5.74) is -0.696. The second-order valence-electron chi connectivity index (χ2n) is 15.4. The first-order chi connectivity index (χ1) is 22.3. The van der Waals surface area contributed by atoms with Gasteiger partial charge in [0.15, 0.2) is 11.6 Å². The lowest BCUT2D eigenvalue weighted by atomic mass is 9.71. The molecule has 6 rings (SSSR count). The summed E-state index contributed by atoms with van der Waals surface area (Å²) in [6.07, 6.45) is 10.3. The molecule has 1 aromatic heterocycles. The van der Waals surface area contributed by atoms with E-state index in [9.17, 15) is 19.1 Å². The Morgan fingerprint density at radius 3 is 2.49 bits per heavy atom. The third kappa shape index (κ3) is 6.97. The molecule has 256 valence electrons. The van der Waals surface area contributed by atoms with Gasteiger partial charge >= 0.3 is 0 Å². The number of carbonyl (C=O) groups excluding carboxylic acids is 2. The van der Waals surface area contributed by atoms with Crippen LogP contribution in [0.1, 0.15) is 89.9 Å². The smallest absolute Gasteiger partial charge is 0.257 e. The van der Waals surface area contributed by atoms with Crippen molar-refractivity contribution in [1.29, 1.82) is 0 Å². The molecule has 1 unspecified atom stereocenters. The fourth-order valence-electron chi connectivity index (χ4n) is 8.39. The van der Waals surface area contributed by atoms with Gasteiger partial charge in [0, 0.05) is 43.2 Å². The van der Waals surface area contributed by atoms with Gasteiger partial charge in [-0.3, -0.25) is 9.59 Å². The van der Waals surface area contributed by atoms with Crippen molar-refractivity contribution in [2.45, 2.75) is 96.7 Å². The van der Waals surface area contributed by atoms with Crippen LogP contribution >= 0.6 is 0 Å². The third-order valence-corrected chi connectivity index (χ3v) is 11.3. The first-order valence-electron chi connectivity index (χ1n) is 17.4. The number of hydrogen-bond acceptors (Lipinski definition) is 8. The predicted octanol–water partition coefficient (Wildman–Crippen LogP) is 5.02. The largest absolute Gasteiger partial charge is 0.451 e. The van der Waals surface area contributed by atoms with E-state index in [4.69, 9.17) is 4.74 Å². The van der Waals surface area contributed by atoms with Crippen LogP contribution in [-0.4, -0.2) is 93.1 Å². The van der Waals surface area contributed by atoms with Crippen LogP contribution in [0.4, 0.5) is 10.2 Å². The van der Waals surface area contributed by atoms with Crippen LogP contribution in [0.5, 0.6) is 11.5 Å². The number of anilines is 1. The Morgan fingerprint density at radius 2 is 1.87 bits per heavy atom. The number of aliphatic hydroxyl groups is 1. The summed E-state index contributed by atoms with van der Waals surface area (Å²) < 4.78 is 20.6. The number of piperidine rings is 1. The summed E-state index contributed by atoms with van der Waals surface area (Å²) in [6, 6.07) is 4.01. The fourth-order valence-corrected chi connectivity index (χ4v) is 8.39. The second-order valence-corrected chi connectivity index (χ2v) is 15.4. The molecular formula is C36H51FN6O4. The number of likely N-dealkylation sites (tertiary alicyclic amines) is 1. The first kappa shape index (κ1) is 33.6. The highest BCUT2D eigenvalue weighted by Gasteiger charge is 2.51. The average molecular weight is 651 g/mol. The maximum Gasteiger partial charge on any atom is 0.257 e. The molecule has 2 spiro atoms. The number of halogens is 1. The maximum atomic E-state index is 14.3. The van der Waals surface area contributed by atoms with Crippen molar-refractivity contribution in [1.82, 2.24) is 25.1 Å². The summed E-state index contributed by atoms with van der Waals surface area (Å²) in [6.45, 7) is 14.8. The molecule has 4 fully saturated rings. The van der Waals surface area contributed by atoms with Gasteiger partial charge in [-0.25, -0.2) is 14.4 Å². The van der Waals surface area contributed by atoms with E-state index in [-0.39, 0.29) is 46.0 Å². The minimum absolute atomic E-state index is 0.00716. The van der Waals surface area contributed by atoms with Gasteiger partial charge in [0.05, 0.1) is 23.3 Å². The second kappa shape index (κ2) is 13.0. The molecule has 1 aliphatic carbocycles. The Hall–Kier alpha value is -3.31. The molecule has 2 aromatic rings. The number of hydrogen-bond donors (Lipinski definition) is 2. The topological polar surface area (TPSA) is 111 Å². The molecule has 4 aliphatic rings. The molecule has 10 nitrogen and oxygen atoms in total. The molecule has 2 N–H and O–H groups in total. The van der Waals surface area contributed by atoms with E-state index in [2.05, 4.69) is 25.1 Å². The van der Waals surface area contributed by atoms with Crippen LogP contribution in [0.25, 0.3) is 0 Å². The summed E-state index contributed by atoms with van der Waals surface area (Å²) in [7, 11) is 0. The fraction of sp³-hybridized carbons (Fsp3) is 0.667. The molecule has 3 aliphatic heterocycles. The Kier molecular flexibility index (Phi) is 9.25. The molecule has 11 heteroatoms. The molecule has 1 atom stereocenters. The van der Waals surface area contributed by atoms with Crippen molar-refractivity contribution < 1.29 is 23.8 Å². The monoisotopic (exact) mass is 650 g/mol. The zero-order chi connectivity index (χ0) is 33.6. The number of benzene rings is 1. The quantitative estimate of drug-likeness (QED) is 0.390. The van der Waals surface area contributed by atoms with Gasteiger partial charge in [0.25, 0.3) is 5.91 Å². The van der Waals surface area contributed by atoms with Gasteiger partial charge in [-0.05, 0) is 117 Å². The van der Waals surface area contributed by atoms with Crippen LogP contribution in [0.3, 0.4) is 0 Å². The Balaban J connectivity index is 1.02. The predicted molar refractivity (Wildman–Crippen MR) is 178 cm³/mol. The number of nitrogens with one attached hydrogen (secondary N) is 1. The number of carbonyl (C=O) groups is 2. The number of ether oxygens (including phenoxy) is 1. The summed E-state index contributed by atoms with van der Waals surface area (Å²) in [4.78, 5) is 41.2. The summed E-state index contributed by atoms with van der Waals surface area (Å²) >= 11 is 0. The Morgan fingerprint density at radius 1 is 1.17 bits per heavy atom. The van der Waals surface area contributed by atoms with Crippen LogP contribution in [0, 0.1) is 23.1 Å². The van der Waals surface area contributed by atoms with Gasteiger partial charge in [-0.1, -0.05) is 0 Å². The van der Waals surface area contributed by atoms with Crippen molar-refractivity contribution >= 4 is 17.6 Å². The Bertz CT molecular complexity index is 1450. The summed E-state index contributed by atoms with van der Waals surface area (Å²) in [5, 5.41) is 13.7. The lowest BCUT2D eigenvalue weighted by Crippen LogP contribution is -2.61. The number of nitrogens with zero attached hydrogens (tertiary/aromatic N) is 5. The SMILES string of the molecule is CCN(C(=O)c1cc(F)ccc1Oc1cncnc1N1CC2(CCN(CC3CCC4(CC3)CC(C(C)(C)O)C(=O)N4)CC2)C1)C(C)C. The molecule has 2 amide bonds. The van der Waals surface area contributed by atoms with Crippen LogP contribution in [0.2, 0.25) is 0 Å². The van der Waals surface area contributed by atoms with E-state index in [1.54, 1.807) is 24.9 Å². The van der Waals surface area contributed by atoms with Gasteiger partial charge < -0.3 is 29.9 Å². The first-order valence-corrected chi connectivity index (χ1v) is 17.4. The zero-order valence-corrected chi connectivity index (χ0v) is 28.6. The van der Waals surface area contributed by atoms with Crippen molar-refractivity contribution in [3.05, 3.63) is 42.1 Å². The number of rotatable bonds is 9. The molecule has 0 bridgehead atoms. The minimum atomic E-state index is -0.982. The standard InChI is InChI=1S/C36H51FN6O4/c1-6-43(24(2)3)33(45)27-17-26(37)7-8-29(27)47-30-19-38-23-39-31(30)42-21-35(22-42)13-15-41(16-14-35)20-25-9-11-36(12-10-25)18-28(32(44)40-36)34(4,5)46/h7-8,17,19,23-25,28,46H,6,9-16,18,20-22H2,1-5H3,(H,40,44). The lowest BCUT2D eigenvalue weighted by molar-refractivity contribution is -0.129. The van der Waals surface area contributed by atoms with E-state index in [1.807, 2.05) is 20.8 Å². The molecule has 47 heavy (non-hydrogen) atoms. The zero-order valence-electron chi connectivity index (χ0n) is 28.6. The molecule has 4 heterocycles. The number of amides is 2. The van der Waals surface area contributed by atoms with E-state index in [1.165, 1.54) is 24.5 Å². The molecule has 3 saturated heterocycles. The minimum Gasteiger partial charge on any atom is -0.451 e. The van der Waals surface area contributed by atoms with Crippen molar-refractivity contribution in [2.75, 3.05) is 44.2 Å². The Labute approximate surface area is 278 Å². The average Bonchev–Trinajstić information content (AvgIpc) is 3.35. The highest BCUT2D eigenvalue weighted by molar-refractivity contribution is 5.97. The van der Waals surface area contributed by atoms with Gasteiger partial charge in [0.2, 0.25) is 5.91 Å². The van der Waals surface area contributed by atoms with Crippen molar-refractivity contribution in [3.63, 3.8) is 0 Å². The lowest BCUT2D eigenvalue weighted by Gasteiger charge is -2.55. The molecule has 1 saturated carbocycles.